The summed E-state index contributed by atoms with van der Waals surface area (Å²) in [6.07, 6.45) is 3.76. The largest absolute Gasteiger partial charge is 0.459 e. The van der Waals surface area contributed by atoms with Gasteiger partial charge < -0.3 is 19.5 Å². The van der Waals surface area contributed by atoms with Gasteiger partial charge in [-0.1, -0.05) is 6.92 Å². The monoisotopic (exact) mass is 257 g/mol. The predicted octanol–water partition coefficient (Wildman–Crippen LogP) is 1.13. The van der Waals surface area contributed by atoms with Crippen LogP contribution < -0.4 is 0 Å². The summed E-state index contributed by atoms with van der Waals surface area (Å²) < 4.78 is 11.1. The summed E-state index contributed by atoms with van der Waals surface area (Å²) in [6.45, 7) is 2.76. The minimum absolute atomic E-state index is 0.134. The lowest BCUT2D eigenvalue weighted by Gasteiger charge is -2.28. The number of carbonyl (C=O) groups is 1. The molecule has 1 aliphatic heterocycles. The van der Waals surface area contributed by atoms with Crippen molar-refractivity contribution in [1.29, 1.82) is 0 Å². The van der Waals surface area contributed by atoms with E-state index in [-0.39, 0.29) is 24.7 Å². The van der Waals surface area contributed by atoms with Gasteiger partial charge in [0.05, 0.1) is 6.61 Å². The van der Waals surface area contributed by atoms with Crippen molar-refractivity contribution >= 4 is 5.91 Å². The average Bonchev–Trinajstić information content (AvgIpc) is 2.33. The molecule has 1 N–H and O–H groups in total. The fourth-order valence-corrected chi connectivity index (χ4v) is 1.73. The summed E-state index contributed by atoms with van der Waals surface area (Å²) >= 11 is 0. The van der Waals surface area contributed by atoms with Gasteiger partial charge in [-0.15, -0.1) is 0 Å². The number of nitrogens with zero attached hydrogens (tertiary/aromatic N) is 1. The molecule has 0 radical (unpaired) electrons. The van der Waals surface area contributed by atoms with Crippen LogP contribution >= 0.6 is 0 Å². The Morgan fingerprint density at radius 3 is 2.89 bits per heavy atom. The first-order chi connectivity index (χ1) is 8.54. The van der Waals surface area contributed by atoms with Crippen molar-refractivity contribution in [2.45, 2.75) is 32.5 Å². The van der Waals surface area contributed by atoms with Gasteiger partial charge in [-0.2, -0.15) is 0 Å². The van der Waals surface area contributed by atoms with Crippen molar-refractivity contribution in [1.82, 2.24) is 4.90 Å². The topological polar surface area (TPSA) is 59.0 Å². The Bertz CT molecular complexity index is 301. The van der Waals surface area contributed by atoms with E-state index in [0.29, 0.717) is 12.4 Å². The second kappa shape index (κ2) is 7.38. The van der Waals surface area contributed by atoms with Crippen LogP contribution in [-0.4, -0.2) is 49.5 Å². The maximum absolute atomic E-state index is 11.8. The number of hydrogen-bond donors (Lipinski definition) is 1. The van der Waals surface area contributed by atoms with Crippen LogP contribution in [0, 0.1) is 5.92 Å². The van der Waals surface area contributed by atoms with Crippen LogP contribution in [0.25, 0.3) is 0 Å². The van der Waals surface area contributed by atoms with Crippen molar-refractivity contribution < 1.29 is 19.4 Å². The van der Waals surface area contributed by atoms with Crippen molar-refractivity contribution in [3.05, 3.63) is 11.8 Å². The molecule has 5 heteroatoms. The number of hydrogen-bond acceptors (Lipinski definition) is 4. The fraction of sp³-hybridized carbons (Fsp3) is 0.769. The lowest BCUT2D eigenvalue weighted by atomic mass is 10.0. The number of ether oxygens (including phenoxy) is 2. The Hall–Kier alpha value is -1.07. The minimum Gasteiger partial charge on any atom is -0.459 e. The van der Waals surface area contributed by atoms with Crippen LogP contribution in [0.1, 0.15) is 26.2 Å². The van der Waals surface area contributed by atoms with E-state index in [2.05, 4.69) is 0 Å². The van der Waals surface area contributed by atoms with Crippen molar-refractivity contribution in [3.63, 3.8) is 0 Å². The lowest BCUT2D eigenvalue weighted by Crippen LogP contribution is -2.32. The molecule has 0 unspecified atom stereocenters. The molecule has 1 heterocycles. The lowest BCUT2D eigenvalue weighted by molar-refractivity contribution is -0.153. The third kappa shape index (κ3) is 4.66. The molecule has 0 aromatic heterocycles. The first-order valence-corrected chi connectivity index (χ1v) is 6.37. The maximum Gasteiger partial charge on any atom is 0.288 e. The molecule has 18 heavy (non-hydrogen) atoms. The summed E-state index contributed by atoms with van der Waals surface area (Å²) in [7, 11) is 3.39. The number of allylic oxidation sites excluding steroid dienone is 1. The van der Waals surface area contributed by atoms with Gasteiger partial charge in [-0.05, 0) is 24.8 Å². The van der Waals surface area contributed by atoms with E-state index in [4.69, 9.17) is 14.6 Å². The van der Waals surface area contributed by atoms with Gasteiger partial charge in [0.15, 0.2) is 5.76 Å². The number of carbonyl (C=O) groups excluding carboxylic acids is 1. The number of likely N-dealkylation sites (N-methyl/N-ethyl adjacent to an activating group) is 1. The minimum atomic E-state index is -0.359. The Morgan fingerprint density at radius 1 is 1.56 bits per heavy atom. The van der Waals surface area contributed by atoms with Gasteiger partial charge in [0.2, 0.25) is 6.29 Å². The van der Waals surface area contributed by atoms with E-state index in [9.17, 15) is 4.79 Å². The molecule has 0 saturated heterocycles. The zero-order chi connectivity index (χ0) is 13.5. The normalized spacial score (nSPS) is 23.2. The van der Waals surface area contributed by atoms with E-state index in [1.165, 1.54) is 4.90 Å². The molecule has 1 aliphatic rings. The third-order valence-electron chi connectivity index (χ3n) is 2.73. The second-order valence-electron chi connectivity index (χ2n) is 4.79. The molecule has 0 aliphatic carbocycles. The quantitative estimate of drug-likeness (QED) is 0.725. The molecular weight excluding hydrogens is 234 g/mol. The Balaban J connectivity index is 2.45. The molecule has 2 atom stereocenters. The number of amides is 1. The van der Waals surface area contributed by atoms with Gasteiger partial charge in [0, 0.05) is 27.1 Å². The SMILES string of the molecule is C[C@H]1C=C(C(=O)N(C)C)O[C@@H](OCCCCO)C1. The molecule has 0 spiro atoms. The maximum atomic E-state index is 11.8. The zero-order valence-corrected chi connectivity index (χ0v) is 11.4. The highest BCUT2D eigenvalue weighted by Crippen LogP contribution is 2.23. The van der Waals surface area contributed by atoms with Gasteiger partial charge in [-0.25, -0.2) is 0 Å². The van der Waals surface area contributed by atoms with Gasteiger partial charge >= 0.3 is 0 Å². The Kier molecular flexibility index (Phi) is 6.15. The molecule has 5 nitrogen and oxygen atoms in total. The van der Waals surface area contributed by atoms with E-state index in [0.717, 1.165) is 19.3 Å². The molecule has 0 fully saturated rings. The first-order valence-electron chi connectivity index (χ1n) is 6.37. The molecule has 1 rings (SSSR count). The van der Waals surface area contributed by atoms with Crippen LogP contribution in [0.5, 0.6) is 0 Å². The van der Waals surface area contributed by atoms with Crippen LogP contribution in [0.15, 0.2) is 11.8 Å². The number of rotatable bonds is 6. The van der Waals surface area contributed by atoms with Crippen LogP contribution in [0.2, 0.25) is 0 Å². The molecular formula is C13H23NO4. The Morgan fingerprint density at radius 2 is 2.28 bits per heavy atom. The summed E-state index contributed by atoms with van der Waals surface area (Å²) in [5.74, 6) is 0.497. The second-order valence-corrected chi connectivity index (χ2v) is 4.79. The zero-order valence-electron chi connectivity index (χ0n) is 11.4. The number of aliphatic hydroxyl groups excluding tert-OH is 1. The highest BCUT2D eigenvalue weighted by Gasteiger charge is 2.26. The smallest absolute Gasteiger partial charge is 0.288 e. The van der Waals surface area contributed by atoms with Crippen molar-refractivity contribution in [3.8, 4) is 0 Å². The standard InChI is InChI=1S/C13H23NO4/c1-10-8-11(13(16)14(2)3)18-12(9-10)17-7-5-4-6-15/h8,10,12,15H,4-7,9H2,1-3H3/t10-,12+/m0/s1. The highest BCUT2D eigenvalue weighted by molar-refractivity contribution is 5.91. The Labute approximate surface area is 108 Å². The average molecular weight is 257 g/mol. The highest BCUT2D eigenvalue weighted by atomic mass is 16.7. The first kappa shape index (κ1) is 15.0. The van der Waals surface area contributed by atoms with Gasteiger partial charge in [0.1, 0.15) is 0 Å². The number of unbranched alkanes of at least 4 members (excludes halogenated alkanes) is 1. The van der Waals surface area contributed by atoms with Crippen molar-refractivity contribution in [2.75, 3.05) is 27.3 Å². The molecule has 0 bridgehead atoms. The van der Waals surface area contributed by atoms with Crippen LogP contribution in [0.4, 0.5) is 0 Å². The molecule has 0 aromatic carbocycles. The summed E-state index contributed by atoms with van der Waals surface area (Å²) in [5.41, 5.74) is 0. The third-order valence-corrected chi connectivity index (χ3v) is 2.73. The van der Waals surface area contributed by atoms with E-state index in [1.54, 1.807) is 14.1 Å². The fourth-order valence-electron chi connectivity index (χ4n) is 1.73. The van der Waals surface area contributed by atoms with Crippen molar-refractivity contribution in [2.24, 2.45) is 5.92 Å². The predicted molar refractivity (Wildman–Crippen MR) is 67.7 cm³/mol. The summed E-state index contributed by atoms with van der Waals surface area (Å²) in [4.78, 5) is 13.3. The van der Waals surface area contributed by atoms with Crippen LogP contribution in [0.3, 0.4) is 0 Å². The summed E-state index contributed by atoms with van der Waals surface area (Å²) in [6, 6.07) is 0. The number of aliphatic hydroxyl groups is 1. The van der Waals surface area contributed by atoms with E-state index >= 15 is 0 Å². The summed E-state index contributed by atoms with van der Waals surface area (Å²) in [5, 5.41) is 8.68. The van der Waals surface area contributed by atoms with Crippen LogP contribution in [-0.2, 0) is 14.3 Å². The van der Waals surface area contributed by atoms with Gasteiger partial charge in [-0.3, -0.25) is 4.79 Å². The molecule has 1 amide bonds. The molecule has 0 aromatic rings. The van der Waals surface area contributed by atoms with Gasteiger partial charge in [0.25, 0.3) is 5.91 Å². The van der Waals surface area contributed by atoms with E-state index in [1.807, 2.05) is 13.0 Å². The molecule has 104 valence electrons. The molecule has 0 saturated carbocycles. The van der Waals surface area contributed by atoms with E-state index < -0.39 is 0 Å².